The zero-order valence-corrected chi connectivity index (χ0v) is 24.1. The summed E-state index contributed by atoms with van der Waals surface area (Å²) in [5.74, 6) is 0.749. The van der Waals surface area contributed by atoms with Crippen LogP contribution in [0.15, 0.2) is 152 Å². The fraction of sp³-hybridized carbons (Fsp3) is 0. The number of nitrogens with zero attached hydrogens (tertiary/aromatic N) is 4. The summed E-state index contributed by atoms with van der Waals surface area (Å²) in [6.07, 6.45) is 7.34. The van der Waals surface area contributed by atoms with Gasteiger partial charge in [-0.05, 0) is 62.0 Å². The molecular weight excluding hydrogens is 555 g/mol. The molecule has 0 bridgehead atoms. The van der Waals surface area contributed by atoms with Crippen molar-refractivity contribution in [3.05, 3.63) is 158 Å². The molecule has 2 heterocycles. The Kier molecular flexibility index (Phi) is 6.61. The first kappa shape index (κ1) is 26.5. The molecule has 8 rings (SSSR count). The van der Waals surface area contributed by atoms with Crippen LogP contribution in [0.4, 0.5) is 4.39 Å². The number of aromatic nitrogens is 4. The van der Waals surface area contributed by atoms with Gasteiger partial charge in [-0.25, -0.2) is 24.3 Å². The lowest BCUT2D eigenvalue weighted by atomic mass is 9.88. The van der Waals surface area contributed by atoms with E-state index in [1.807, 2.05) is 110 Å². The van der Waals surface area contributed by atoms with Gasteiger partial charge in [0.05, 0.1) is 0 Å². The van der Waals surface area contributed by atoms with Crippen LogP contribution in [0, 0.1) is 5.82 Å². The zero-order valence-electron chi connectivity index (χ0n) is 24.1. The van der Waals surface area contributed by atoms with Crippen LogP contribution in [-0.2, 0) is 0 Å². The molecule has 0 amide bonds. The number of rotatable bonds is 5. The van der Waals surface area contributed by atoms with Crippen LogP contribution < -0.4 is 0 Å². The van der Waals surface area contributed by atoms with Gasteiger partial charge in [0.25, 0.3) is 0 Å². The number of halogens is 1. The minimum atomic E-state index is -0.337. The molecule has 45 heavy (non-hydrogen) atoms. The second-order valence-corrected chi connectivity index (χ2v) is 10.9. The maximum Gasteiger partial charge on any atom is 0.160 e. The summed E-state index contributed by atoms with van der Waals surface area (Å²) in [4.78, 5) is 19.4. The smallest absolute Gasteiger partial charge is 0.160 e. The molecule has 0 atom stereocenters. The van der Waals surface area contributed by atoms with E-state index in [4.69, 9.17) is 19.9 Å². The van der Waals surface area contributed by atoms with Crippen LogP contribution >= 0.6 is 0 Å². The van der Waals surface area contributed by atoms with Gasteiger partial charge >= 0.3 is 0 Å². The third-order valence-electron chi connectivity index (χ3n) is 8.15. The summed E-state index contributed by atoms with van der Waals surface area (Å²) in [5, 5.41) is 3.36. The van der Waals surface area contributed by atoms with Crippen molar-refractivity contribution in [2.75, 3.05) is 0 Å². The van der Waals surface area contributed by atoms with Crippen molar-refractivity contribution in [2.45, 2.75) is 0 Å². The van der Waals surface area contributed by atoms with Gasteiger partial charge in [0.15, 0.2) is 11.6 Å². The Labute approximate surface area is 259 Å². The molecule has 0 saturated heterocycles. The van der Waals surface area contributed by atoms with Gasteiger partial charge in [0, 0.05) is 47.0 Å². The highest BCUT2D eigenvalue weighted by atomic mass is 19.1. The van der Waals surface area contributed by atoms with Crippen LogP contribution in [0.25, 0.3) is 77.7 Å². The highest BCUT2D eigenvalue weighted by Crippen LogP contribution is 2.43. The summed E-state index contributed by atoms with van der Waals surface area (Å²) in [6.45, 7) is 0. The molecule has 0 spiro atoms. The molecule has 4 nitrogen and oxygen atoms in total. The van der Waals surface area contributed by atoms with E-state index in [1.54, 1.807) is 6.07 Å². The SMILES string of the molecule is Fc1ccc2c(-c3ncc(-c4ccccc4)cn3)c3cc(-c4ccccc4)ccc3c(-c3ncc(-c4ccccc4)cn3)c2c1. The fourth-order valence-corrected chi connectivity index (χ4v) is 5.97. The monoisotopic (exact) mass is 580 g/mol. The largest absolute Gasteiger partial charge is 0.236 e. The topological polar surface area (TPSA) is 51.6 Å². The van der Waals surface area contributed by atoms with Crippen LogP contribution in [0.3, 0.4) is 0 Å². The molecule has 0 saturated carbocycles. The molecule has 0 aliphatic heterocycles. The maximum absolute atomic E-state index is 15.0. The minimum absolute atomic E-state index is 0.337. The van der Waals surface area contributed by atoms with Crippen LogP contribution in [0.1, 0.15) is 0 Å². The van der Waals surface area contributed by atoms with Crippen molar-refractivity contribution in [1.82, 2.24) is 19.9 Å². The van der Waals surface area contributed by atoms with Gasteiger partial charge in [-0.15, -0.1) is 0 Å². The molecule has 0 unspecified atom stereocenters. The highest BCUT2D eigenvalue weighted by Gasteiger charge is 2.21. The first-order chi connectivity index (χ1) is 22.2. The van der Waals surface area contributed by atoms with Crippen molar-refractivity contribution < 1.29 is 4.39 Å². The van der Waals surface area contributed by atoms with Crippen molar-refractivity contribution in [2.24, 2.45) is 0 Å². The Morgan fingerprint density at radius 2 is 0.733 bits per heavy atom. The van der Waals surface area contributed by atoms with Crippen molar-refractivity contribution in [3.8, 4) is 56.2 Å². The summed E-state index contributed by atoms with van der Waals surface area (Å²) >= 11 is 0. The lowest BCUT2D eigenvalue weighted by Gasteiger charge is -2.17. The molecule has 8 aromatic rings. The van der Waals surface area contributed by atoms with Gasteiger partial charge in [0.1, 0.15) is 5.82 Å². The van der Waals surface area contributed by atoms with Crippen LogP contribution in [-0.4, -0.2) is 19.9 Å². The summed E-state index contributed by atoms with van der Waals surface area (Å²) in [7, 11) is 0. The van der Waals surface area contributed by atoms with E-state index >= 15 is 4.39 Å². The summed E-state index contributed by atoms with van der Waals surface area (Å²) < 4.78 is 15.0. The molecule has 0 fully saturated rings. The Morgan fingerprint density at radius 1 is 0.333 bits per heavy atom. The molecule has 0 aliphatic rings. The lowest BCUT2D eigenvalue weighted by Crippen LogP contribution is -1.98. The second-order valence-electron chi connectivity index (χ2n) is 10.9. The molecule has 6 aromatic carbocycles. The molecule has 2 aromatic heterocycles. The predicted molar refractivity (Wildman–Crippen MR) is 180 cm³/mol. The number of benzene rings is 6. The average Bonchev–Trinajstić information content (AvgIpc) is 3.12. The molecule has 0 N–H and O–H groups in total. The number of hydrogen-bond acceptors (Lipinski definition) is 4. The number of hydrogen-bond donors (Lipinski definition) is 0. The standard InChI is InChI=1S/C40H25FN4/c41-32-17-19-34-36(21-32)38(40-44-24-31(25-45-40)28-14-8-3-9-15-28)33-18-16-29(26-10-4-1-5-11-26)20-35(33)37(34)39-42-22-30(23-43-39)27-12-6-2-7-13-27/h1-25H. The first-order valence-electron chi connectivity index (χ1n) is 14.7. The molecule has 0 aliphatic carbocycles. The Hall–Kier alpha value is -6.07. The van der Waals surface area contributed by atoms with Gasteiger partial charge in [-0.2, -0.15) is 0 Å². The predicted octanol–water partition coefficient (Wildman–Crippen LogP) is 10.0. The van der Waals surface area contributed by atoms with E-state index in [0.717, 1.165) is 60.7 Å². The Balaban J connectivity index is 1.40. The molecule has 212 valence electrons. The van der Waals surface area contributed by atoms with Crippen molar-refractivity contribution in [1.29, 1.82) is 0 Å². The average molecular weight is 581 g/mol. The molecule has 0 radical (unpaired) electrons. The van der Waals surface area contributed by atoms with E-state index in [2.05, 4.69) is 30.3 Å². The van der Waals surface area contributed by atoms with E-state index in [-0.39, 0.29) is 5.82 Å². The minimum Gasteiger partial charge on any atom is -0.236 e. The van der Waals surface area contributed by atoms with Gasteiger partial charge in [0.2, 0.25) is 0 Å². The Morgan fingerprint density at radius 3 is 1.20 bits per heavy atom. The molecule has 5 heteroatoms. The summed E-state index contributed by atoms with van der Waals surface area (Å²) in [5.41, 5.74) is 7.65. The maximum atomic E-state index is 15.0. The van der Waals surface area contributed by atoms with E-state index < -0.39 is 0 Å². The van der Waals surface area contributed by atoms with Gasteiger partial charge in [-0.3, -0.25) is 0 Å². The van der Waals surface area contributed by atoms with Crippen LogP contribution in [0.5, 0.6) is 0 Å². The van der Waals surface area contributed by atoms with E-state index in [9.17, 15) is 0 Å². The normalized spacial score (nSPS) is 11.2. The van der Waals surface area contributed by atoms with Gasteiger partial charge in [-0.1, -0.05) is 109 Å². The van der Waals surface area contributed by atoms with Crippen molar-refractivity contribution >= 4 is 21.5 Å². The Bertz CT molecular complexity index is 2290. The second kappa shape index (κ2) is 11.2. The third-order valence-corrected chi connectivity index (χ3v) is 8.15. The fourth-order valence-electron chi connectivity index (χ4n) is 5.97. The third kappa shape index (κ3) is 4.90. The first-order valence-corrected chi connectivity index (χ1v) is 14.7. The highest BCUT2D eigenvalue weighted by molar-refractivity contribution is 6.20. The zero-order chi connectivity index (χ0) is 30.2. The number of fused-ring (bicyclic) bond motifs is 2. The van der Waals surface area contributed by atoms with Crippen molar-refractivity contribution in [3.63, 3.8) is 0 Å². The summed E-state index contributed by atoms with van der Waals surface area (Å²) in [6, 6.07) is 41.5. The lowest BCUT2D eigenvalue weighted by molar-refractivity contribution is 0.630. The van der Waals surface area contributed by atoms with Gasteiger partial charge < -0.3 is 0 Å². The molecular formula is C40H25FN4. The van der Waals surface area contributed by atoms with E-state index in [1.165, 1.54) is 6.07 Å². The van der Waals surface area contributed by atoms with E-state index in [0.29, 0.717) is 17.0 Å². The van der Waals surface area contributed by atoms with Crippen LogP contribution in [0.2, 0.25) is 0 Å². The quantitative estimate of drug-likeness (QED) is 0.190.